The third-order valence-electron chi connectivity index (χ3n) is 10.8. The van der Waals surface area contributed by atoms with Crippen molar-refractivity contribution in [1.29, 1.82) is 0 Å². The topological polar surface area (TPSA) is 162 Å². The molecule has 4 N–H and O–H groups in total. The van der Waals surface area contributed by atoms with Gasteiger partial charge in [-0.05, 0) is 80.0 Å². The van der Waals surface area contributed by atoms with E-state index in [1.54, 1.807) is 19.2 Å². The normalized spacial score (nSPS) is 20.2. The van der Waals surface area contributed by atoms with E-state index in [0.717, 1.165) is 72.1 Å². The van der Waals surface area contributed by atoms with Crippen molar-refractivity contribution in [1.82, 2.24) is 29.0 Å². The number of imidazole rings is 1. The molecule has 2 bridgehead atoms. The Morgan fingerprint density at radius 1 is 1.02 bits per heavy atom. The number of pyridine rings is 2. The van der Waals surface area contributed by atoms with Gasteiger partial charge in [-0.3, -0.25) is 9.78 Å². The number of hydrogen-bond acceptors (Lipinski definition) is 8. The number of nitrogens with two attached hydrogens (primary N) is 1. The number of amides is 1. The van der Waals surface area contributed by atoms with Crippen LogP contribution in [0.1, 0.15) is 46.4 Å². The minimum atomic E-state index is -1.24. The van der Waals surface area contributed by atoms with Gasteiger partial charge in [0.1, 0.15) is 28.2 Å². The predicted molar refractivity (Wildman–Crippen MR) is 184 cm³/mol. The maximum Gasteiger partial charge on any atom is 0.341 e. The summed E-state index contributed by atoms with van der Waals surface area (Å²) in [5.74, 6) is 0.620. The highest BCUT2D eigenvalue weighted by Gasteiger charge is 2.47. The molecule has 12 heteroatoms. The van der Waals surface area contributed by atoms with E-state index >= 15 is 0 Å². The molecule has 3 fully saturated rings. The Morgan fingerprint density at radius 2 is 1.86 bits per heavy atom. The van der Waals surface area contributed by atoms with Crippen LogP contribution in [0, 0.1) is 11.8 Å². The lowest BCUT2D eigenvalue weighted by Crippen LogP contribution is -2.41. The van der Waals surface area contributed by atoms with Crippen molar-refractivity contribution in [3.05, 3.63) is 65.9 Å². The Morgan fingerprint density at radius 3 is 2.57 bits per heavy atom. The molecule has 5 heterocycles. The van der Waals surface area contributed by atoms with Gasteiger partial charge >= 0.3 is 5.97 Å². The number of nitrogens with zero attached hydrogens (tertiary/aromatic N) is 6. The molecule has 0 spiro atoms. The molecule has 4 aromatic heterocycles. The van der Waals surface area contributed by atoms with Crippen LogP contribution in [0.4, 0.5) is 0 Å². The summed E-state index contributed by atoms with van der Waals surface area (Å²) in [6.45, 7) is 1.47. The predicted octanol–water partition coefficient (Wildman–Crippen LogP) is 5.19. The van der Waals surface area contributed by atoms with Gasteiger partial charge in [0.05, 0.1) is 29.5 Å². The van der Waals surface area contributed by atoms with Crippen LogP contribution in [0.3, 0.4) is 0 Å². The molecule has 1 amide bonds. The van der Waals surface area contributed by atoms with Crippen molar-refractivity contribution >= 4 is 44.8 Å². The van der Waals surface area contributed by atoms with Gasteiger partial charge in [0.15, 0.2) is 5.82 Å². The number of carboxylic acid groups (broad SMARTS) is 1. The number of carboxylic acids is 1. The lowest BCUT2D eigenvalue weighted by atomic mass is 10.0. The minimum absolute atomic E-state index is 0.0356. The Balaban J connectivity index is 1.15. The molecule has 49 heavy (non-hydrogen) atoms. The number of benzene rings is 2. The second-order valence-electron chi connectivity index (χ2n) is 13.7. The van der Waals surface area contributed by atoms with E-state index in [0.29, 0.717) is 51.8 Å². The maximum absolute atomic E-state index is 13.8. The third-order valence-corrected chi connectivity index (χ3v) is 10.8. The van der Waals surface area contributed by atoms with Crippen LogP contribution < -0.4 is 10.5 Å². The van der Waals surface area contributed by atoms with Gasteiger partial charge < -0.3 is 34.7 Å². The Hall–Kier alpha value is -5.49. The Bertz CT molecular complexity index is 2370. The number of ether oxygens (including phenoxy) is 1. The zero-order valence-corrected chi connectivity index (χ0v) is 27.1. The molecule has 6 aromatic rings. The summed E-state index contributed by atoms with van der Waals surface area (Å²) < 4.78 is 10.1. The monoisotopic (exact) mass is 657 g/mol. The molecule has 3 atom stereocenters. The molecular weight excluding hydrogens is 622 g/mol. The van der Waals surface area contributed by atoms with E-state index in [1.807, 2.05) is 46.8 Å². The molecule has 12 nitrogen and oxygen atoms in total. The number of fused-ring (bicyclic) bond motifs is 5. The number of aryl methyl sites for hydroxylation is 1. The highest BCUT2D eigenvalue weighted by molar-refractivity contribution is 6.01. The molecule has 9 rings (SSSR count). The van der Waals surface area contributed by atoms with Crippen LogP contribution in [0.5, 0.6) is 11.5 Å². The van der Waals surface area contributed by atoms with E-state index in [4.69, 9.17) is 20.4 Å². The molecule has 2 aromatic carbocycles. The molecule has 1 saturated heterocycles. The number of carbonyl (C=O) groups excluding carboxylic acids is 1. The van der Waals surface area contributed by atoms with E-state index in [2.05, 4.69) is 15.6 Å². The first kappa shape index (κ1) is 29.6. The average Bonchev–Trinajstić information content (AvgIpc) is 3.51. The fourth-order valence-electron chi connectivity index (χ4n) is 7.98. The molecule has 0 unspecified atom stereocenters. The number of methoxy groups -OCH3 is 1. The van der Waals surface area contributed by atoms with E-state index < -0.39 is 5.97 Å². The number of rotatable bonds is 7. The first-order valence-electron chi connectivity index (χ1n) is 16.7. The molecule has 2 aliphatic carbocycles. The number of carbonyl (C=O) groups is 2. The number of hydrogen-bond donors (Lipinski definition) is 3. The van der Waals surface area contributed by atoms with Crippen molar-refractivity contribution in [3.63, 3.8) is 0 Å². The van der Waals surface area contributed by atoms with Crippen molar-refractivity contribution in [2.75, 3.05) is 13.7 Å². The van der Waals surface area contributed by atoms with Crippen LogP contribution >= 0.6 is 0 Å². The van der Waals surface area contributed by atoms with Crippen molar-refractivity contribution in [2.45, 2.75) is 44.3 Å². The number of aromatic carboxylic acids is 1. The lowest BCUT2D eigenvalue weighted by Gasteiger charge is -2.27. The van der Waals surface area contributed by atoms with E-state index in [9.17, 15) is 19.8 Å². The number of aromatic hydroxyl groups is 1. The first-order chi connectivity index (χ1) is 23.7. The summed E-state index contributed by atoms with van der Waals surface area (Å²) in [5.41, 5.74) is 11.8. The quantitative estimate of drug-likeness (QED) is 0.210. The van der Waals surface area contributed by atoms with Gasteiger partial charge in [0.25, 0.3) is 5.91 Å². The summed E-state index contributed by atoms with van der Waals surface area (Å²) in [6, 6.07) is 15.2. The third kappa shape index (κ3) is 4.57. The molecule has 0 radical (unpaired) electrons. The molecule has 3 aliphatic rings. The fourth-order valence-corrected chi connectivity index (χ4v) is 7.98. The first-order valence-corrected chi connectivity index (χ1v) is 16.7. The maximum atomic E-state index is 13.8. The smallest absolute Gasteiger partial charge is 0.341 e. The van der Waals surface area contributed by atoms with Gasteiger partial charge in [-0.25, -0.2) is 14.8 Å². The Labute approximate surface area is 280 Å². The summed E-state index contributed by atoms with van der Waals surface area (Å²) in [6.07, 6.45) is 5.47. The van der Waals surface area contributed by atoms with Crippen molar-refractivity contribution in [2.24, 2.45) is 24.6 Å². The van der Waals surface area contributed by atoms with Gasteiger partial charge in [0.2, 0.25) is 0 Å². The summed E-state index contributed by atoms with van der Waals surface area (Å²) in [4.78, 5) is 41.8. The minimum Gasteiger partial charge on any atom is -0.506 e. The van der Waals surface area contributed by atoms with E-state index in [-0.39, 0.29) is 29.3 Å². The highest BCUT2D eigenvalue weighted by atomic mass is 16.5. The van der Waals surface area contributed by atoms with E-state index in [1.165, 1.54) is 0 Å². The average molecular weight is 658 g/mol. The van der Waals surface area contributed by atoms with Gasteiger partial charge in [0, 0.05) is 60.3 Å². The van der Waals surface area contributed by atoms with Crippen molar-refractivity contribution < 1.29 is 24.5 Å². The summed E-state index contributed by atoms with van der Waals surface area (Å²) in [7, 11) is 3.58. The van der Waals surface area contributed by atoms with Gasteiger partial charge in [-0.2, -0.15) is 0 Å². The zero-order chi connectivity index (χ0) is 33.7. The standard InChI is InChI=1S/C37H35N7O5/c1-42-32-27(12-22(14-30(32)49-2)36(46)44-17-21-7-10-28(44)31(21)38)41-35(42)29-13-20-6-8-25(40-34(20)43(29)16-18-3-4-18)19-5-9-26-23(11-19)33(45)24(15-39-26)37(47)48/h5-6,8-9,11-15,18,21,28,31H,3-4,7,10,16-17,38H2,1-2H3,(H,39,45)(H,47,48)/t21-,28-,31-/m1/s1. The fraction of sp³-hybridized carbons (Fsp3) is 0.324. The summed E-state index contributed by atoms with van der Waals surface area (Å²) >= 11 is 0. The van der Waals surface area contributed by atoms with Gasteiger partial charge in [-0.15, -0.1) is 0 Å². The molecule has 1 aliphatic heterocycles. The van der Waals surface area contributed by atoms with Crippen LogP contribution in [-0.4, -0.2) is 76.8 Å². The second-order valence-corrected chi connectivity index (χ2v) is 13.7. The Kier molecular flexibility index (Phi) is 6.51. The second kappa shape index (κ2) is 10.8. The zero-order valence-electron chi connectivity index (χ0n) is 27.1. The number of likely N-dealkylation sites (tertiary alicyclic amines) is 1. The van der Waals surface area contributed by atoms with Crippen LogP contribution in [0.2, 0.25) is 0 Å². The van der Waals surface area contributed by atoms with Crippen molar-refractivity contribution in [3.8, 4) is 34.3 Å². The van der Waals surface area contributed by atoms with Gasteiger partial charge in [-0.1, -0.05) is 6.07 Å². The highest BCUT2D eigenvalue weighted by Crippen LogP contribution is 2.41. The largest absolute Gasteiger partial charge is 0.506 e. The van der Waals surface area contributed by atoms with Crippen LogP contribution in [-0.2, 0) is 13.6 Å². The molecular formula is C37H35N7O5. The van der Waals surface area contributed by atoms with Crippen LogP contribution in [0.25, 0.3) is 55.7 Å². The number of aromatic nitrogens is 5. The number of piperidine rings is 1. The lowest BCUT2D eigenvalue weighted by molar-refractivity contribution is 0.0687. The molecule has 2 saturated carbocycles. The summed E-state index contributed by atoms with van der Waals surface area (Å²) in [5, 5.41) is 21.5. The molecule has 248 valence electrons. The van der Waals surface area contributed by atoms with Crippen LogP contribution in [0.15, 0.2) is 54.7 Å². The SMILES string of the molecule is COc1cc(C(=O)N2C[C@H]3CC[C@@H]2[C@@H]3N)cc2nc(-c3cc4ccc(-c5ccc6ncc(C(=O)O)c(O)c6c5)nc4n3CC3CC3)n(C)c12.